The second-order valence-electron chi connectivity index (χ2n) is 6.88. The van der Waals surface area contributed by atoms with Crippen LogP contribution in [0.5, 0.6) is 0 Å². The third kappa shape index (κ3) is 3.85. The first-order valence-corrected chi connectivity index (χ1v) is 10.3. The summed E-state index contributed by atoms with van der Waals surface area (Å²) in [7, 11) is 0. The lowest BCUT2D eigenvalue weighted by Crippen LogP contribution is -2.51. The average Bonchev–Trinajstić information content (AvgIpc) is 2.86. The molecule has 0 spiro atoms. The number of thiophene rings is 1. The van der Waals surface area contributed by atoms with Crippen molar-refractivity contribution in [3.63, 3.8) is 0 Å². The van der Waals surface area contributed by atoms with Gasteiger partial charge in [0.15, 0.2) is 0 Å². The summed E-state index contributed by atoms with van der Waals surface area (Å²) >= 11 is 1.70. The Hall–Kier alpha value is -1.96. The molecule has 2 aliphatic rings. The summed E-state index contributed by atoms with van der Waals surface area (Å²) in [5.41, 5.74) is 3.81. The molecule has 0 radical (unpaired) electrons. The van der Waals surface area contributed by atoms with Crippen molar-refractivity contribution in [3.8, 4) is 0 Å². The molecule has 2 aliphatic heterocycles. The standard InChI is InChI=1S/C20H25FN4OS/c1-3-26-9-6-15-12-25(8-7-22-15)19-13(2)27-20-16(19)11-23-17-5-4-14(21)10-18(17)24-20/h4-5,10-11,15,22,24H,3,6-9,12H2,1-2H3/t15-/m0/s1. The summed E-state index contributed by atoms with van der Waals surface area (Å²) in [5, 5.41) is 8.01. The molecule has 4 rings (SSSR count). The maximum absolute atomic E-state index is 13.6. The highest BCUT2D eigenvalue weighted by molar-refractivity contribution is 7.17. The third-order valence-electron chi connectivity index (χ3n) is 5.01. The SMILES string of the molecule is CCOCC[C@H]1CN(c2c(C)sc3c2C=Nc2ccc(F)cc2N3)CCN1. The molecule has 1 aromatic carbocycles. The zero-order valence-electron chi connectivity index (χ0n) is 15.7. The van der Waals surface area contributed by atoms with Crippen LogP contribution in [-0.2, 0) is 4.74 Å². The second-order valence-corrected chi connectivity index (χ2v) is 8.10. The van der Waals surface area contributed by atoms with Crippen LogP contribution in [0.2, 0.25) is 0 Å². The molecule has 5 nitrogen and oxygen atoms in total. The van der Waals surface area contributed by atoms with Crippen molar-refractivity contribution in [1.82, 2.24) is 5.32 Å². The number of nitrogens with one attached hydrogen (secondary N) is 2. The van der Waals surface area contributed by atoms with Crippen LogP contribution in [0.25, 0.3) is 0 Å². The molecule has 0 saturated carbocycles. The molecule has 27 heavy (non-hydrogen) atoms. The molecule has 0 amide bonds. The van der Waals surface area contributed by atoms with Gasteiger partial charge in [0.05, 0.1) is 22.6 Å². The van der Waals surface area contributed by atoms with Crippen molar-refractivity contribution in [1.29, 1.82) is 0 Å². The molecule has 1 aromatic heterocycles. The summed E-state index contributed by atoms with van der Waals surface area (Å²) in [5.74, 6) is -0.257. The van der Waals surface area contributed by atoms with E-state index in [1.807, 2.05) is 13.1 Å². The Labute approximate surface area is 163 Å². The van der Waals surface area contributed by atoms with Crippen LogP contribution >= 0.6 is 11.3 Å². The number of aryl methyl sites for hydroxylation is 1. The molecule has 1 saturated heterocycles. The number of benzene rings is 1. The van der Waals surface area contributed by atoms with E-state index in [4.69, 9.17) is 4.74 Å². The van der Waals surface area contributed by atoms with Crippen LogP contribution in [0, 0.1) is 12.7 Å². The van der Waals surface area contributed by atoms with E-state index in [0.29, 0.717) is 11.7 Å². The largest absolute Gasteiger partial charge is 0.382 e. The number of rotatable bonds is 5. The van der Waals surface area contributed by atoms with Crippen molar-refractivity contribution in [2.24, 2.45) is 4.99 Å². The Kier molecular flexibility index (Phi) is 5.43. The third-order valence-corrected chi connectivity index (χ3v) is 6.04. The molecular formula is C20H25FN4OS. The summed E-state index contributed by atoms with van der Waals surface area (Å²) in [6.07, 6.45) is 2.93. The minimum absolute atomic E-state index is 0.257. The number of hydrogen-bond acceptors (Lipinski definition) is 6. The van der Waals surface area contributed by atoms with Crippen molar-refractivity contribution in [2.75, 3.05) is 43.1 Å². The van der Waals surface area contributed by atoms with Gasteiger partial charge in [-0.25, -0.2) is 4.39 Å². The summed E-state index contributed by atoms with van der Waals surface area (Å²) in [6.45, 7) is 8.59. The summed E-state index contributed by atoms with van der Waals surface area (Å²) < 4.78 is 19.2. The van der Waals surface area contributed by atoms with E-state index >= 15 is 0 Å². The zero-order chi connectivity index (χ0) is 18.8. The van der Waals surface area contributed by atoms with Crippen LogP contribution < -0.4 is 15.5 Å². The predicted molar refractivity (Wildman–Crippen MR) is 111 cm³/mol. The van der Waals surface area contributed by atoms with Gasteiger partial charge in [-0.3, -0.25) is 4.99 Å². The number of nitrogens with zero attached hydrogens (tertiary/aromatic N) is 2. The van der Waals surface area contributed by atoms with Crippen LogP contribution in [0.3, 0.4) is 0 Å². The van der Waals surface area contributed by atoms with Crippen molar-refractivity contribution >= 4 is 39.6 Å². The van der Waals surface area contributed by atoms with Crippen LogP contribution in [0.1, 0.15) is 23.8 Å². The lowest BCUT2D eigenvalue weighted by molar-refractivity contribution is 0.135. The monoisotopic (exact) mass is 388 g/mol. The van der Waals surface area contributed by atoms with E-state index < -0.39 is 0 Å². The van der Waals surface area contributed by atoms with Gasteiger partial charge in [0.1, 0.15) is 10.8 Å². The molecule has 1 fully saturated rings. The first-order chi connectivity index (χ1) is 13.2. The number of anilines is 3. The maximum Gasteiger partial charge on any atom is 0.125 e. The van der Waals surface area contributed by atoms with Gasteiger partial charge < -0.3 is 20.3 Å². The highest BCUT2D eigenvalue weighted by atomic mass is 32.1. The van der Waals surface area contributed by atoms with Gasteiger partial charge in [-0.1, -0.05) is 0 Å². The summed E-state index contributed by atoms with van der Waals surface area (Å²) in [6, 6.07) is 5.08. The number of piperazine rings is 1. The lowest BCUT2D eigenvalue weighted by Gasteiger charge is -2.35. The van der Waals surface area contributed by atoms with E-state index in [0.717, 1.165) is 55.5 Å². The molecule has 1 atom stereocenters. The fraction of sp³-hybridized carbons (Fsp3) is 0.450. The fourth-order valence-corrected chi connectivity index (χ4v) is 4.79. The molecule has 2 aromatic rings. The van der Waals surface area contributed by atoms with Gasteiger partial charge in [-0.2, -0.15) is 0 Å². The lowest BCUT2D eigenvalue weighted by atomic mass is 10.1. The van der Waals surface area contributed by atoms with E-state index in [2.05, 4.69) is 27.4 Å². The zero-order valence-corrected chi connectivity index (χ0v) is 16.5. The van der Waals surface area contributed by atoms with Gasteiger partial charge in [0.25, 0.3) is 0 Å². The highest BCUT2D eigenvalue weighted by Gasteiger charge is 2.26. The minimum atomic E-state index is -0.257. The Morgan fingerprint density at radius 3 is 3.15 bits per heavy atom. The van der Waals surface area contributed by atoms with Crippen LogP contribution in [0.15, 0.2) is 23.2 Å². The number of ether oxygens (including phenoxy) is 1. The first kappa shape index (κ1) is 18.4. The Bertz CT molecular complexity index is 851. The smallest absolute Gasteiger partial charge is 0.125 e. The quantitative estimate of drug-likeness (QED) is 0.643. The van der Waals surface area contributed by atoms with E-state index in [1.165, 1.54) is 22.7 Å². The topological polar surface area (TPSA) is 48.9 Å². The van der Waals surface area contributed by atoms with Gasteiger partial charge in [0, 0.05) is 50.0 Å². The van der Waals surface area contributed by atoms with E-state index in [1.54, 1.807) is 17.4 Å². The molecular weight excluding hydrogens is 363 g/mol. The molecule has 0 unspecified atom stereocenters. The number of hydrogen-bond donors (Lipinski definition) is 2. The van der Waals surface area contributed by atoms with Crippen molar-refractivity contribution < 1.29 is 9.13 Å². The minimum Gasteiger partial charge on any atom is -0.382 e. The number of fused-ring (bicyclic) bond motifs is 2. The maximum atomic E-state index is 13.6. The molecule has 7 heteroatoms. The van der Waals surface area contributed by atoms with Crippen LogP contribution in [-0.4, -0.2) is 45.1 Å². The van der Waals surface area contributed by atoms with Gasteiger partial charge in [0.2, 0.25) is 0 Å². The average molecular weight is 389 g/mol. The second kappa shape index (κ2) is 7.96. The first-order valence-electron chi connectivity index (χ1n) is 9.45. The van der Waals surface area contributed by atoms with Crippen molar-refractivity contribution in [2.45, 2.75) is 26.3 Å². The Morgan fingerprint density at radius 1 is 1.41 bits per heavy atom. The highest BCUT2D eigenvalue weighted by Crippen LogP contribution is 2.43. The number of halogens is 1. The molecule has 0 aliphatic carbocycles. The van der Waals surface area contributed by atoms with Crippen LogP contribution in [0.4, 0.5) is 26.5 Å². The molecule has 3 heterocycles. The van der Waals surface area contributed by atoms with E-state index in [-0.39, 0.29) is 5.82 Å². The predicted octanol–water partition coefficient (Wildman–Crippen LogP) is 4.21. The van der Waals surface area contributed by atoms with E-state index in [9.17, 15) is 4.39 Å². The molecule has 2 N–H and O–H groups in total. The van der Waals surface area contributed by atoms with Gasteiger partial charge in [-0.05, 0) is 38.5 Å². The number of aliphatic imine (C=N–C) groups is 1. The van der Waals surface area contributed by atoms with Crippen molar-refractivity contribution in [3.05, 3.63) is 34.5 Å². The normalized spacial score (nSPS) is 18.6. The van der Waals surface area contributed by atoms with Gasteiger partial charge in [-0.15, -0.1) is 11.3 Å². The summed E-state index contributed by atoms with van der Waals surface area (Å²) in [4.78, 5) is 8.31. The Balaban J connectivity index is 1.59. The molecule has 144 valence electrons. The van der Waals surface area contributed by atoms with Gasteiger partial charge >= 0.3 is 0 Å². The Morgan fingerprint density at radius 2 is 2.30 bits per heavy atom. The molecule has 0 bridgehead atoms. The fourth-order valence-electron chi connectivity index (χ4n) is 3.73.